The number of hydrogen-bond donors (Lipinski definition) is 6. The van der Waals surface area contributed by atoms with Gasteiger partial charge in [0.15, 0.2) is 0 Å². The normalized spacial score (nSPS) is 35.0. The van der Waals surface area contributed by atoms with Crippen LogP contribution in [0.25, 0.3) is 0 Å². The molecule has 22 heavy (non-hydrogen) atoms. The van der Waals surface area contributed by atoms with Gasteiger partial charge in [0.05, 0.1) is 18.4 Å². The molecule has 1 aliphatic rings. The Hall–Kier alpha value is 0.370. The average Bonchev–Trinajstić information content (AvgIpc) is 2.49. The highest BCUT2D eigenvalue weighted by Gasteiger charge is 2.42. The fourth-order valence-corrected chi connectivity index (χ4v) is 6.08. The Bertz CT molecular complexity index is 529. The van der Waals surface area contributed by atoms with Crippen molar-refractivity contribution in [2.45, 2.75) is 32.0 Å². The van der Waals surface area contributed by atoms with Crippen LogP contribution in [-0.2, 0) is 22.3 Å². The zero-order chi connectivity index (χ0) is 17.3. The maximum absolute atomic E-state index is 11.7. The van der Waals surface area contributed by atoms with E-state index in [4.69, 9.17) is 14.7 Å². The van der Waals surface area contributed by atoms with Crippen molar-refractivity contribution in [1.82, 2.24) is 0 Å². The maximum atomic E-state index is 11.7. The Morgan fingerprint density at radius 3 is 1.95 bits per heavy atom. The highest BCUT2D eigenvalue weighted by Crippen LogP contribution is 2.66. The molecular formula is C8H19O11P3. The second kappa shape index (κ2) is 7.09. The number of hydrogen-bond acceptors (Lipinski definition) is 7. The van der Waals surface area contributed by atoms with Crippen LogP contribution in [0.3, 0.4) is 0 Å². The van der Waals surface area contributed by atoms with Gasteiger partial charge < -0.3 is 29.8 Å². The van der Waals surface area contributed by atoms with Crippen molar-refractivity contribution in [2.24, 2.45) is 11.8 Å². The lowest BCUT2D eigenvalue weighted by molar-refractivity contribution is 0.00622. The van der Waals surface area contributed by atoms with Gasteiger partial charge in [-0.05, 0) is 24.7 Å². The first-order valence-corrected chi connectivity index (χ1v) is 11.0. The summed E-state index contributed by atoms with van der Waals surface area (Å²) in [5.74, 6) is -0.712. The van der Waals surface area contributed by atoms with Crippen molar-refractivity contribution in [3.05, 3.63) is 0 Å². The van der Waals surface area contributed by atoms with E-state index in [9.17, 15) is 28.8 Å². The van der Waals surface area contributed by atoms with Gasteiger partial charge in [0, 0.05) is 0 Å². The molecule has 1 aliphatic carbocycles. The van der Waals surface area contributed by atoms with Gasteiger partial charge in [-0.2, -0.15) is 4.31 Å². The standard InChI is InChI=1S/C8H19O11P3/c1-5-4-6(8(10)7(5)9)2-3-20(11,12)18-22(16,17)19-21(13,14)15/h5-10H,2-4H2,1H3,(H,11,12)(H,16,17)(H2,13,14,15)/t5-,6+,7+,8-/m1/s1. The van der Waals surface area contributed by atoms with E-state index in [1.807, 2.05) is 0 Å². The smallest absolute Gasteiger partial charge is 0.390 e. The molecule has 0 amide bonds. The second-order valence-corrected chi connectivity index (χ2v) is 10.2. The molecule has 0 aromatic rings. The lowest BCUT2D eigenvalue weighted by atomic mass is 10.0. The summed E-state index contributed by atoms with van der Waals surface area (Å²) in [6.45, 7) is 1.69. The van der Waals surface area contributed by atoms with E-state index in [1.165, 1.54) is 0 Å². The molecule has 0 bridgehead atoms. The Balaban J connectivity index is 2.60. The monoisotopic (exact) mass is 384 g/mol. The van der Waals surface area contributed by atoms with E-state index >= 15 is 0 Å². The first-order chi connectivity index (χ1) is 9.72. The molecule has 6 N–H and O–H groups in total. The molecule has 14 heteroatoms. The Labute approximate surface area is 126 Å². The van der Waals surface area contributed by atoms with Crippen molar-refractivity contribution in [3.63, 3.8) is 0 Å². The molecular weight excluding hydrogens is 365 g/mol. The van der Waals surface area contributed by atoms with Crippen molar-refractivity contribution in [3.8, 4) is 0 Å². The molecule has 0 heterocycles. The van der Waals surface area contributed by atoms with E-state index in [-0.39, 0.29) is 12.3 Å². The first-order valence-electron chi connectivity index (χ1n) is 6.21. The fourth-order valence-electron chi connectivity index (χ4n) is 2.34. The molecule has 132 valence electrons. The third-order valence-electron chi connectivity index (χ3n) is 3.31. The van der Waals surface area contributed by atoms with Gasteiger partial charge >= 0.3 is 23.2 Å². The molecule has 1 rings (SSSR count). The number of rotatable bonds is 7. The predicted molar refractivity (Wildman–Crippen MR) is 72.6 cm³/mol. The minimum Gasteiger partial charge on any atom is -0.390 e. The molecule has 11 nitrogen and oxygen atoms in total. The molecule has 0 aliphatic heterocycles. The number of aliphatic hydroxyl groups is 2. The summed E-state index contributed by atoms with van der Waals surface area (Å²) in [5.41, 5.74) is 0. The van der Waals surface area contributed by atoms with E-state index in [0.717, 1.165) is 0 Å². The minimum absolute atomic E-state index is 0.0910. The summed E-state index contributed by atoms with van der Waals surface area (Å²) in [4.78, 5) is 35.2. The van der Waals surface area contributed by atoms with Gasteiger partial charge in [0.2, 0.25) is 0 Å². The van der Waals surface area contributed by atoms with Gasteiger partial charge in [-0.25, -0.2) is 13.4 Å². The molecule has 0 saturated heterocycles. The van der Waals surface area contributed by atoms with Gasteiger partial charge in [-0.1, -0.05) is 6.92 Å². The summed E-state index contributed by atoms with van der Waals surface area (Å²) in [5, 5.41) is 19.3. The third kappa shape index (κ3) is 6.47. The summed E-state index contributed by atoms with van der Waals surface area (Å²) in [6, 6.07) is 0. The molecule has 6 atom stereocenters. The zero-order valence-corrected chi connectivity index (χ0v) is 14.2. The molecule has 0 radical (unpaired) electrons. The Morgan fingerprint density at radius 1 is 1.00 bits per heavy atom. The summed E-state index contributed by atoms with van der Waals surface area (Å²) in [7, 11) is -15.5. The van der Waals surface area contributed by atoms with Crippen LogP contribution in [0.5, 0.6) is 0 Å². The lowest BCUT2D eigenvalue weighted by Gasteiger charge is -2.19. The first kappa shape index (κ1) is 20.4. The van der Waals surface area contributed by atoms with Gasteiger partial charge in [-0.3, -0.25) is 4.57 Å². The van der Waals surface area contributed by atoms with Gasteiger partial charge in [-0.15, -0.1) is 0 Å². The molecule has 0 spiro atoms. The van der Waals surface area contributed by atoms with Crippen LogP contribution in [-0.4, -0.2) is 48.2 Å². The number of aliphatic hydroxyl groups excluding tert-OH is 2. The summed E-state index contributed by atoms with van der Waals surface area (Å²) in [6.07, 6.45) is -2.42. The van der Waals surface area contributed by atoms with E-state index in [2.05, 4.69) is 8.62 Å². The van der Waals surface area contributed by atoms with Gasteiger partial charge in [0.25, 0.3) is 0 Å². The summed E-state index contributed by atoms with van der Waals surface area (Å²) < 4.78 is 40.7. The Morgan fingerprint density at radius 2 is 1.55 bits per heavy atom. The van der Waals surface area contributed by atoms with E-state index in [0.29, 0.717) is 6.42 Å². The minimum atomic E-state index is -5.42. The van der Waals surface area contributed by atoms with Crippen LogP contribution in [0.15, 0.2) is 0 Å². The van der Waals surface area contributed by atoms with Gasteiger partial charge in [0.1, 0.15) is 0 Å². The predicted octanol–water partition coefficient (Wildman–Crippen LogP) is 0.166. The van der Waals surface area contributed by atoms with Crippen molar-refractivity contribution in [2.75, 3.05) is 6.16 Å². The van der Waals surface area contributed by atoms with Crippen LogP contribution >= 0.6 is 23.2 Å². The van der Waals surface area contributed by atoms with Crippen LogP contribution in [0, 0.1) is 11.8 Å². The lowest BCUT2D eigenvalue weighted by Crippen LogP contribution is -2.27. The molecule has 1 fully saturated rings. The quantitative estimate of drug-likeness (QED) is 0.328. The molecule has 0 aromatic carbocycles. The van der Waals surface area contributed by atoms with Crippen molar-refractivity contribution < 1.29 is 52.1 Å². The van der Waals surface area contributed by atoms with Crippen LogP contribution in [0.1, 0.15) is 19.8 Å². The fraction of sp³-hybridized carbons (Fsp3) is 1.00. The highest BCUT2D eigenvalue weighted by molar-refractivity contribution is 7.68. The largest absolute Gasteiger partial charge is 0.488 e. The molecule has 1 saturated carbocycles. The van der Waals surface area contributed by atoms with Crippen LogP contribution in [0.2, 0.25) is 0 Å². The topological polar surface area (TPSA) is 191 Å². The SMILES string of the molecule is C[C@@H]1C[C@H](CCP(=O)(O)OP(=O)(O)OP(=O)(O)O)[C@@H](O)[C@H]1O. The van der Waals surface area contributed by atoms with Crippen molar-refractivity contribution in [1.29, 1.82) is 0 Å². The zero-order valence-electron chi connectivity index (χ0n) is 11.5. The van der Waals surface area contributed by atoms with Crippen LogP contribution < -0.4 is 0 Å². The van der Waals surface area contributed by atoms with E-state index < -0.39 is 47.5 Å². The number of phosphoric acid groups is 2. The maximum Gasteiger partial charge on any atom is 0.488 e. The average molecular weight is 384 g/mol. The highest BCUT2D eigenvalue weighted by atomic mass is 31.3. The van der Waals surface area contributed by atoms with E-state index in [1.54, 1.807) is 6.92 Å². The van der Waals surface area contributed by atoms with Crippen molar-refractivity contribution >= 4 is 23.2 Å². The molecule has 0 aromatic heterocycles. The molecule has 2 unspecified atom stereocenters. The van der Waals surface area contributed by atoms with Crippen LogP contribution in [0.4, 0.5) is 0 Å². The summed E-state index contributed by atoms with van der Waals surface area (Å²) >= 11 is 0. The third-order valence-corrected chi connectivity index (χ3v) is 7.66. The Kier molecular flexibility index (Phi) is 6.58. The second-order valence-electron chi connectivity index (χ2n) is 5.23.